The highest BCUT2D eigenvalue weighted by atomic mass is 32.1. The molecule has 0 aliphatic rings. The average molecular weight is 345 g/mol. The number of hydrogen-bond acceptors (Lipinski definition) is 6. The van der Waals surface area contributed by atoms with Crippen molar-refractivity contribution in [2.75, 3.05) is 5.32 Å². The van der Waals surface area contributed by atoms with E-state index in [0.29, 0.717) is 0 Å². The fraction of sp³-hybridized carbons (Fsp3) is 0.200. The van der Waals surface area contributed by atoms with Gasteiger partial charge in [0.2, 0.25) is 0 Å². The minimum absolute atomic E-state index is 0.0737. The molecule has 23 heavy (non-hydrogen) atoms. The van der Waals surface area contributed by atoms with Crippen molar-refractivity contribution in [3.05, 3.63) is 46.2 Å². The molecule has 0 saturated carbocycles. The van der Waals surface area contributed by atoms with Gasteiger partial charge in [-0.2, -0.15) is 0 Å². The smallest absolute Gasteiger partial charge is 0.319 e. The molecule has 2 N–H and O–H groups in total. The number of carbonyl (C=O) groups excluding carboxylic acids is 1. The fourth-order valence-electron chi connectivity index (χ4n) is 2.09. The maximum Gasteiger partial charge on any atom is 0.319 e. The molecule has 3 rings (SSSR count). The van der Waals surface area contributed by atoms with Gasteiger partial charge in [-0.1, -0.05) is 23.5 Å². The molecule has 0 radical (unpaired) electrons. The Balaban J connectivity index is 1.61. The quantitative estimate of drug-likeness (QED) is 0.734. The van der Waals surface area contributed by atoms with Gasteiger partial charge in [0.1, 0.15) is 10.7 Å². The van der Waals surface area contributed by atoms with Crippen molar-refractivity contribution >= 4 is 34.6 Å². The summed E-state index contributed by atoms with van der Waals surface area (Å²) in [6.45, 7) is 2.02. The molecule has 118 valence electrons. The van der Waals surface area contributed by atoms with Gasteiger partial charge in [-0.25, -0.2) is 9.78 Å². The van der Waals surface area contributed by atoms with Crippen LogP contribution in [0.1, 0.15) is 24.4 Å². The molecule has 2 aromatic heterocycles. The van der Waals surface area contributed by atoms with E-state index in [1.165, 1.54) is 22.9 Å². The molecule has 6 nitrogen and oxygen atoms in total. The zero-order valence-electron chi connectivity index (χ0n) is 12.4. The highest BCUT2D eigenvalue weighted by molar-refractivity contribution is 7.09. The van der Waals surface area contributed by atoms with Crippen LogP contribution in [0.2, 0.25) is 0 Å². The summed E-state index contributed by atoms with van der Waals surface area (Å²) in [7, 11) is 0. The monoisotopic (exact) mass is 345 g/mol. The largest absolute Gasteiger partial charge is 0.329 e. The molecular formula is C15H15N5OS2. The summed E-state index contributed by atoms with van der Waals surface area (Å²) in [4.78, 5) is 16.4. The number of benzene rings is 1. The lowest BCUT2D eigenvalue weighted by Crippen LogP contribution is -2.32. The third-order valence-corrected chi connectivity index (χ3v) is 4.66. The predicted molar refractivity (Wildman–Crippen MR) is 92.6 cm³/mol. The van der Waals surface area contributed by atoms with Crippen molar-refractivity contribution in [2.24, 2.45) is 0 Å². The van der Waals surface area contributed by atoms with Crippen molar-refractivity contribution in [3.8, 4) is 11.3 Å². The van der Waals surface area contributed by atoms with E-state index in [9.17, 15) is 4.79 Å². The summed E-state index contributed by atoms with van der Waals surface area (Å²) >= 11 is 2.85. The Bertz CT molecular complexity index is 741. The summed E-state index contributed by atoms with van der Waals surface area (Å²) in [5.74, 6) is 0. The van der Waals surface area contributed by atoms with Gasteiger partial charge in [0.05, 0.1) is 6.04 Å². The number of urea groups is 1. The topological polar surface area (TPSA) is 79.8 Å². The van der Waals surface area contributed by atoms with Gasteiger partial charge in [0.25, 0.3) is 0 Å². The van der Waals surface area contributed by atoms with E-state index in [2.05, 4.69) is 25.2 Å². The van der Waals surface area contributed by atoms with E-state index in [-0.39, 0.29) is 12.1 Å². The van der Waals surface area contributed by atoms with Gasteiger partial charge >= 0.3 is 6.03 Å². The van der Waals surface area contributed by atoms with Crippen LogP contribution in [-0.2, 0) is 0 Å². The van der Waals surface area contributed by atoms with E-state index >= 15 is 0 Å². The Morgan fingerprint density at radius 2 is 2.13 bits per heavy atom. The molecule has 0 aliphatic heterocycles. The number of anilines is 1. The number of thiazole rings is 1. The summed E-state index contributed by atoms with van der Waals surface area (Å²) in [5, 5.41) is 14.5. The molecule has 0 fully saturated rings. The molecule has 2 amide bonds. The Kier molecular flexibility index (Phi) is 4.94. The van der Waals surface area contributed by atoms with Crippen LogP contribution in [0.15, 0.2) is 41.2 Å². The van der Waals surface area contributed by atoms with Crippen LogP contribution >= 0.6 is 22.9 Å². The second-order valence-electron chi connectivity index (χ2n) is 4.80. The third-order valence-electron chi connectivity index (χ3n) is 3.26. The number of amides is 2. The van der Waals surface area contributed by atoms with Crippen LogP contribution in [0.4, 0.5) is 10.5 Å². The molecule has 0 bridgehead atoms. The molecule has 0 spiro atoms. The Morgan fingerprint density at radius 3 is 2.74 bits per heavy atom. The Morgan fingerprint density at radius 1 is 1.30 bits per heavy atom. The molecule has 1 atom stereocenters. The molecule has 8 heteroatoms. The van der Waals surface area contributed by atoms with Crippen molar-refractivity contribution in [1.82, 2.24) is 19.9 Å². The normalized spacial score (nSPS) is 11.9. The van der Waals surface area contributed by atoms with Gasteiger partial charge in [-0.3, -0.25) is 0 Å². The van der Waals surface area contributed by atoms with Gasteiger partial charge in [-0.05, 0) is 30.1 Å². The molecule has 0 saturated heterocycles. The molecular weight excluding hydrogens is 330 g/mol. The van der Waals surface area contributed by atoms with E-state index in [1.807, 2.05) is 41.9 Å². The number of hydrogen-bond donors (Lipinski definition) is 2. The first-order valence-corrected chi connectivity index (χ1v) is 8.82. The summed E-state index contributed by atoms with van der Waals surface area (Å²) < 4.78 is 3.84. The first-order valence-electron chi connectivity index (χ1n) is 7.10. The summed E-state index contributed by atoms with van der Waals surface area (Å²) in [6, 6.07) is 7.19. The first kappa shape index (κ1) is 15.6. The second-order valence-corrected chi connectivity index (χ2v) is 6.33. The average Bonchev–Trinajstić information content (AvgIpc) is 3.26. The minimum Gasteiger partial charge on any atom is -0.329 e. The first-order chi connectivity index (χ1) is 11.3. The molecule has 2 heterocycles. The highest BCUT2D eigenvalue weighted by Gasteiger charge is 2.14. The van der Waals surface area contributed by atoms with Crippen molar-refractivity contribution in [1.29, 1.82) is 0 Å². The number of nitrogens with zero attached hydrogens (tertiary/aromatic N) is 3. The number of rotatable bonds is 5. The van der Waals surface area contributed by atoms with Crippen LogP contribution in [0.25, 0.3) is 11.3 Å². The van der Waals surface area contributed by atoms with Crippen molar-refractivity contribution in [3.63, 3.8) is 0 Å². The predicted octanol–water partition coefficient (Wildman–Crippen LogP) is 3.93. The fourth-order valence-corrected chi connectivity index (χ4v) is 3.32. The van der Waals surface area contributed by atoms with E-state index in [1.54, 1.807) is 6.20 Å². The zero-order valence-corrected chi connectivity index (χ0v) is 14.0. The van der Waals surface area contributed by atoms with Crippen LogP contribution in [-0.4, -0.2) is 20.6 Å². The van der Waals surface area contributed by atoms with Crippen LogP contribution in [0, 0.1) is 0 Å². The Hall–Kier alpha value is -2.32. The van der Waals surface area contributed by atoms with Crippen molar-refractivity contribution < 1.29 is 4.79 Å². The standard InChI is InChI=1S/C15H15N5OS2/c1-2-12(14-16-7-8-22-14)18-15(21)17-11-5-3-10(4-6-11)13-9-23-20-19-13/h3-9,12H,2H2,1H3,(H2,17,18,21)/t12-/m0/s1. The minimum atomic E-state index is -0.241. The molecule has 3 aromatic rings. The van der Waals surface area contributed by atoms with E-state index in [4.69, 9.17) is 0 Å². The van der Waals surface area contributed by atoms with Gasteiger partial charge < -0.3 is 10.6 Å². The van der Waals surface area contributed by atoms with Crippen molar-refractivity contribution in [2.45, 2.75) is 19.4 Å². The lowest BCUT2D eigenvalue weighted by atomic mass is 10.1. The maximum atomic E-state index is 12.1. The Labute approximate surface area is 141 Å². The maximum absolute atomic E-state index is 12.1. The molecule has 1 aromatic carbocycles. The SMILES string of the molecule is CC[C@H](NC(=O)Nc1ccc(-c2csnn2)cc1)c1nccs1. The van der Waals surface area contributed by atoms with Gasteiger partial charge in [0, 0.05) is 28.2 Å². The van der Waals surface area contributed by atoms with Crippen LogP contribution < -0.4 is 10.6 Å². The van der Waals surface area contributed by atoms with Crippen LogP contribution in [0.5, 0.6) is 0 Å². The third kappa shape index (κ3) is 3.91. The lowest BCUT2D eigenvalue weighted by molar-refractivity contribution is 0.248. The number of carbonyl (C=O) groups is 1. The molecule has 0 unspecified atom stereocenters. The molecule has 0 aliphatic carbocycles. The van der Waals surface area contributed by atoms with E-state index in [0.717, 1.165) is 28.4 Å². The summed E-state index contributed by atoms with van der Waals surface area (Å²) in [6.07, 6.45) is 2.53. The zero-order chi connectivity index (χ0) is 16.1. The highest BCUT2D eigenvalue weighted by Crippen LogP contribution is 2.21. The number of aromatic nitrogens is 3. The van der Waals surface area contributed by atoms with Gasteiger partial charge in [-0.15, -0.1) is 16.4 Å². The second kappa shape index (κ2) is 7.30. The van der Waals surface area contributed by atoms with E-state index < -0.39 is 0 Å². The summed E-state index contributed by atoms with van der Waals surface area (Å²) in [5.41, 5.74) is 2.53. The lowest BCUT2D eigenvalue weighted by Gasteiger charge is -2.15. The van der Waals surface area contributed by atoms with Gasteiger partial charge in [0.15, 0.2) is 0 Å². The van der Waals surface area contributed by atoms with Crippen LogP contribution in [0.3, 0.4) is 0 Å². The number of nitrogens with one attached hydrogen (secondary N) is 2.